The van der Waals surface area contributed by atoms with Crippen LogP contribution in [0.5, 0.6) is 0 Å². The number of hydrogen-bond donors (Lipinski definition) is 1. The van der Waals surface area contributed by atoms with Gasteiger partial charge in [-0.05, 0) is 85.8 Å². The van der Waals surface area contributed by atoms with Crippen LogP contribution in [0.25, 0.3) is 0 Å². The molecule has 0 radical (unpaired) electrons. The Morgan fingerprint density at radius 2 is 1.80 bits per heavy atom. The largest absolute Gasteiger partial charge is 0.427 e. The SMILES string of the molecule is CCC/C=C1\OC(=O)C2=C1CC[C@H]1[C@@H]3CC[C@@]4(C(=C3[C@H](CN3C(=O)C=CC3=O)c3ccnc(N)c3)C(=O)O/C4=C\CCC)[C@@H]21. The molecule has 1 aromatic rings. The summed E-state index contributed by atoms with van der Waals surface area (Å²) in [6.07, 6.45) is 14.6. The van der Waals surface area contributed by atoms with E-state index in [9.17, 15) is 19.2 Å². The van der Waals surface area contributed by atoms with Crippen LogP contribution < -0.4 is 5.73 Å². The molecule has 44 heavy (non-hydrogen) atoms. The molecule has 4 aliphatic carbocycles. The van der Waals surface area contributed by atoms with E-state index >= 15 is 0 Å². The molecule has 9 nitrogen and oxygen atoms in total. The molecule has 1 spiro atoms. The van der Waals surface area contributed by atoms with Crippen molar-refractivity contribution in [1.29, 1.82) is 0 Å². The number of nitrogens with two attached hydrogens (primary N) is 1. The van der Waals surface area contributed by atoms with Gasteiger partial charge in [0.1, 0.15) is 17.3 Å². The van der Waals surface area contributed by atoms with Gasteiger partial charge in [-0.15, -0.1) is 0 Å². The second kappa shape index (κ2) is 10.7. The third-order valence-corrected chi connectivity index (χ3v) is 10.5. The van der Waals surface area contributed by atoms with E-state index in [1.54, 1.807) is 12.3 Å². The first-order valence-electron chi connectivity index (χ1n) is 15.9. The normalized spacial score (nSPS) is 31.2. The number of rotatable bonds is 8. The summed E-state index contributed by atoms with van der Waals surface area (Å²) in [5, 5.41) is 0. The van der Waals surface area contributed by atoms with Gasteiger partial charge >= 0.3 is 11.9 Å². The average molecular weight is 596 g/mol. The van der Waals surface area contributed by atoms with Crippen LogP contribution in [0.3, 0.4) is 0 Å². The zero-order valence-electron chi connectivity index (χ0n) is 25.1. The second-order valence-corrected chi connectivity index (χ2v) is 12.7. The highest BCUT2D eigenvalue weighted by atomic mass is 16.5. The number of cyclic esters (lactones) is 2. The number of nitrogens with zero attached hydrogens (tertiary/aromatic N) is 2. The van der Waals surface area contributed by atoms with Crippen molar-refractivity contribution in [1.82, 2.24) is 9.88 Å². The van der Waals surface area contributed by atoms with Crippen molar-refractivity contribution in [2.75, 3.05) is 12.3 Å². The zero-order chi connectivity index (χ0) is 30.7. The Kier molecular flexibility index (Phi) is 6.94. The van der Waals surface area contributed by atoms with E-state index in [1.807, 2.05) is 18.2 Å². The highest BCUT2D eigenvalue weighted by Crippen LogP contribution is 2.71. The Morgan fingerprint density at radius 3 is 2.52 bits per heavy atom. The summed E-state index contributed by atoms with van der Waals surface area (Å²) in [5.41, 5.74) is 9.26. The number of fused-ring (bicyclic) bond motifs is 1. The smallest absolute Gasteiger partial charge is 0.340 e. The lowest BCUT2D eigenvalue weighted by Crippen LogP contribution is -2.53. The van der Waals surface area contributed by atoms with Crippen LogP contribution >= 0.6 is 0 Å². The molecule has 228 valence electrons. The maximum absolute atomic E-state index is 14.1. The van der Waals surface area contributed by atoms with Crippen molar-refractivity contribution >= 4 is 29.6 Å². The Bertz CT molecular complexity index is 1630. The molecule has 2 N–H and O–H groups in total. The van der Waals surface area contributed by atoms with Gasteiger partial charge in [-0.1, -0.05) is 26.7 Å². The van der Waals surface area contributed by atoms with E-state index in [1.165, 1.54) is 17.1 Å². The number of esters is 2. The third kappa shape index (κ3) is 4.08. The number of nitrogen functional groups attached to an aromatic ring is 1. The molecule has 3 aliphatic heterocycles. The molecule has 9 heteroatoms. The molecule has 0 aromatic carbocycles. The standard InChI is InChI=1S/C35H37N3O6/c1-3-5-7-24-22-10-9-21-20-13-15-35(31(21)30(22)33(41)43-24)25(8-6-4-2)44-34(42)32(35)29(20)23(19-14-16-37-26(36)17-19)18-38-27(39)11-12-28(38)40/h7-8,11-12,14,16-17,20-21,23,31H,3-6,9-10,13,15,18H2,1-2H3,(H2,36,37)/b24-7-,25-8-/t20-,21-,23+,31+,35-/m0/s1. The van der Waals surface area contributed by atoms with Crippen LogP contribution in [0.2, 0.25) is 0 Å². The Morgan fingerprint density at radius 1 is 1.05 bits per heavy atom. The molecule has 4 heterocycles. The fraction of sp³-hybridized carbons (Fsp3) is 0.457. The molecule has 0 unspecified atom stereocenters. The number of unbranched alkanes of at least 4 members (excludes halogenated alkanes) is 2. The predicted octanol–water partition coefficient (Wildman–Crippen LogP) is 5.18. The lowest BCUT2D eigenvalue weighted by molar-refractivity contribution is -0.137. The van der Waals surface area contributed by atoms with Gasteiger partial charge in [0.05, 0.1) is 11.0 Å². The molecular weight excluding hydrogens is 558 g/mol. The number of hydrogen-bond acceptors (Lipinski definition) is 8. The third-order valence-electron chi connectivity index (χ3n) is 10.5. The lowest BCUT2D eigenvalue weighted by Gasteiger charge is -2.57. The van der Waals surface area contributed by atoms with E-state index < -0.39 is 17.3 Å². The van der Waals surface area contributed by atoms with Gasteiger partial charge in [-0.25, -0.2) is 14.6 Å². The minimum Gasteiger partial charge on any atom is -0.427 e. The summed E-state index contributed by atoms with van der Waals surface area (Å²) in [4.78, 5) is 58.9. The van der Waals surface area contributed by atoms with Gasteiger partial charge < -0.3 is 15.2 Å². The number of anilines is 1. The molecule has 1 saturated heterocycles. The van der Waals surface area contributed by atoms with Crippen LogP contribution in [-0.4, -0.2) is 40.2 Å². The van der Waals surface area contributed by atoms with Gasteiger partial charge in [0.2, 0.25) is 0 Å². The van der Waals surface area contributed by atoms with Crippen LogP contribution in [0.1, 0.15) is 76.7 Å². The van der Waals surface area contributed by atoms with Crippen molar-refractivity contribution < 1.29 is 28.7 Å². The van der Waals surface area contributed by atoms with E-state index in [4.69, 9.17) is 15.2 Å². The Labute approximate surface area is 256 Å². The zero-order valence-corrected chi connectivity index (χ0v) is 25.1. The predicted molar refractivity (Wildman–Crippen MR) is 161 cm³/mol. The molecule has 1 saturated carbocycles. The van der Waals surface area contributed by atoms with E-state index in [0.717, 1.165) is 61.7 Å². The summed E-state index contributed by atoms with van der Waals surface area (Å²) in [6.45, 7) is 4.24. The highest BCUT2D eigenvalue weighted by Gasteiger charge is 2.68. The van der Waals surface area contributed by atoms with Gasteiger partial charge in [-0.2, -0.15) is 0 Å². The fourth-order valence-electron chi connectivity index (χ4n) is 8.82. The Hall–Kier alpha value is -4.27. The van der Waals surface area contributed by atoms with E-state index in [2.05, 4.69) is 18.8 Å². The quantitative estimate of drug-likeness (QED) is 0.321. The Balaban J connectivity index is 1.46. The number of aromatic nitrogens is 1. The van der Waals surface area contributed by atoms with Crippen molar-refractivity contribution in [3.63, 3.8) is 0 Å². The average Bonchev–Trinajstić information content (AvgIpc) is 3.63. The molecule has 2 amide bonds. The summed E-state index contributed by atoms with van der Waals surface area (Å²) >= 11 is 0. The first-order valence-corrected chi connectivity index (χ1v) is 15.9. The maximum atomic E-state index is 14.1. The monoisotopic (exact) mass is 595 g/mol. The van der Waals surface area contributed by atoms with Gasteiger partial charge in [-0.3, -0.25) is 14.5 Å². The van der Waals surface area contributed by atoms with Gasteiger partial charge in [0.25, 0.3) is 11.8 Å². The van der Waals surface area contributed by atoms with Crippen molar-refractivity contribution in [2.45, 2.75) is 71.1 Å². The second-order valence-electron chi connectivity index (χ2n) is 12.7. The number of pyridine rings is 1. The highest BCUT2D eigenvalue weighted by molar-refractivity contribution is 6.13. The summed E-state index contributed by atoms with van der Waals surface area (Å²) in [5.74, 6) is -0.614. The van der Waals surface area contributed by atoms with Crippen LogP contribution in [0, 0.1) is 23.2 Å². The van der Waals surface area contributed by atoms with Gasteiger partial charge in [0, 0.05) is 47.9 Å². The van der Waals surface area contributed by atoms with Crippen LogP contribution in [-0.2, 0) is 28.7 Å². The molecular formula is C35H37N3O6. The van der Waals surface area contributed by atoms with Crippen LogP contribution in [0.4, 0.5) is 5.82 Å². The number of carbonyl (C=O) groups excluding carboxylic acids is 4. The van der Waals surface area contributed by atoms with E-state index in [0.29, 0.717) is 34.9 Å². The molecule has 1 aromatic heterocycles. The molecule has 2 bridgehead atoms. The number of amides is 2. The minimum absolute atomic E-state index is 0.0550. The number of allylic oxidation sites excluding steroid dienone is 4. The topological polar surface area (TPSA) is 129 Å². The van der Waals surface area contributed by atoms with Gasteiger partial charge in [0.15, 0.2) is 0 Å². The maximum Gasteiger partial charge on any atom is 0.340 e. The van der Waals surface area contributed by atoms with E-state index in [-0.39, 0.29) is 42.1 Å². The molecule has 2 fully saturated rings. The van der Waals surface area contributed by atoms with Crippen molar-refractivity contribution in [3.05, 3.63) is 82.0 Å². The first kappa shape index (κ1) is 28.5. The minimum atomic E-state index is -0.824. The lowest BCUT2D eigenvalue weighted by atomic mass is 9.43. The number of ether oxygens (including phenoxy) is 2. The fourth-order valence-corrected chi connectivity index (χ4v) is 8.82. The van der Waals surface area contributed by atoms with Crippen LogP contribution in [0.15, 0.2) is 76.4 Å². The molecule has 5 atom stereocenters. The summed E-state index contributed by atoms with van der Waals surface area (Å²) < 4.78 is 12.1. The summed E-state index contributed by atoms with van der Waals surface area (Å²) in [6, 6.07) is 3.60. The first-order chi connectivity index (χ1) is 21.3. The molecule has 7 aliphatic rings. The summed E-state index contributed by atoms with van der Waals surface area (Å²) in [7, 11) is 0. The van der Waals surface area contributed by atoms with Crippen molar-refractivity contribution in [3.8, 4) is 0 Å². The molecule has 8 rings (SSSR count). The van der Waals surface area contributed by atoms with Crippen molar-refractivity contribution in [2.24, 2.45) is 23.2 Å². The number of imide groups is 1. The number of carbonyl (C=O) groups is 4.